The molecule has 4 rings (SSSR count). The zero-order valence-electron chi connectivity index (χ0n) is 23.6. The highest BCUT2D eigenvalue weighted by Gasteiger charge is 2.36. The molecule has 0 radical (unpaired) electrons. The molecule has 8 nitrogen and oxygen atoms in total. The molecule has 2 N–H and O–H groups in total. The molecule has 9 heteroatoms. The largest absolute Gasteiger partial charge is 0.495 e. The van der Waals surface area contributed by atoms with Gasteiger partial charge in [-0.3, -0.25) is 9.69 Å². The first kappa shape index (κ1) is 29.1. The second-order valence-corrected chi connectivity index (χ2v) is 10.8. The summed E-state index contributed by atoms with van der Waals surface area (Å²) in [6.45, 7) is 6.54. The van der Waals surface area contributed by atoms with Gasteiger partial charge in [-0.15, -0.1) is 0 Å². The SMILES string of the molecule is COc1cc2c(nc1CCCCCO[C@@H]1CCN([C@H](C(=O)O)c3cc(C(C)C)cc(F)c3OC)C1)NCCC2. The van der Waals surface area contributed by atoms with Crippen molar-refractivity contribution in [2.45, 2.75) is 76.9 Å². The van der Waals surface area contributed by atoms with E-state index in [0.717, 1.165) is 74.3 Å². The van der Waals surface area contributed by atoms with Crippen molar-refractivity contribution in [3.8, 4) is 11.5 Å². The zero-order valence-corrected chi connectivity index (χ0v) is 23.6. The Bertz CT molecular complexity index is 1140. The fraction of sp³-hybridized carbons (Fsp3) is 0.600. The van der Waals surface area contributed by atoms with E-state index in [0.29, 0.717) is 25.3 Å². The van der Waals surface area contributed by atoms with Crippen LogP contribution in [0, 0.1) is 5.82 Å². The quantitative estimate of drug-likeness (QED) is 0.327. The number of hydrogen-bond acceptors (Lipinski definition) is 7. The van der Waals surface area contributed by atoms with Crippen molar-refractivity contribution in [2.75, 3.05) is 45.8 Å². The molecule has 214 valence electrons. The van der Waals surface area contributed by atoms with Crippen molar-refractivity contribution in [1.29, 1.82) is 0 Å². The predicted octanol–water partition coefficient (Wildman–Crippen LogP) is 5.35. The number of methoxy groups -OCH3 is 2. The minimum Gasteiger partial charge on any atom is -0.495 e. The molecule has 0 spiro atoms. The lowest BCUT2D eigenvalue weighted by Gasteiger charge is -2.27. The maximum Gasteiger partial charge on any atom is 0.325 e. The highest BCUT2D eigenvalue weighted by molar-refractivity contribution is 5.77. The molecule has 0 aliphatic carbocycles. The highest BCUT2D eigenvalue weighted by Crippen LogP contribution is 2.37. The monoisotopic (exact) mass is 543 g/mol. The number of halogens is 1. The van der Waals surface area contributed by atoms with E-state index in [1.807, 2.05) is 18.7 Å². The van der Waals surface area contributed by atoms with Gasteiger partial charge in [-0.05, 0) is 73.8 Å². The number of unbranched alkanes of at least 4 members (excludes halogenated alkanes) is 2. The number of anilines is 1. The Morgan fingerprint density at radius 2 is 2.03 bits per heavy atom. The van der Waals surface area contributed by atoms with E-state index < -0.39 is 17.8 Å². The van der Waals surface area contributed by atoms with Gasteiger partial charge in [0.2, 0.25) is 0 Å². The fourth-order valence-corrected chi connectivity index (χ4v) is 5.58. The smallest absolute Gasteiger partial charge is 0.325 e. The highest BCUT2D eigenvalue weighted by atomic mass is 19.1. The standard InChI is InChI=1S/C30H42FN3O5/c1-19(2)21-15-23(28(38-4)24(31)16-21)27(30(35)36)34-13-11-22(18-34)39-14-7-5-6-10-25-26(37-3)17-20-9-8-12-32-29(20)33-25/h15-17,19,22,27H,5-14,18H2,1-4H3,(H,32,33)(H,35,36)/t22-,27+/m1/s1. The number of nitrogens with one attached hydrogen (secondary N) is 1. The maximum absolute atomic E-state index is 14.8. The minimum absolute atomic E-state index is 0.00278. The molecule has 0 unspecified atom stereocenters. The zero-order chi connectivity index (χ0) is 27.9. The number of likely N-dealkylation sites (tertiary alicyclic amines) is 1. The summed E-state index contributed by atoms with van der Waals surface area (Å²) >= 11 is 0. The Morgan fingerprint density at radius 1 is 1.21 bits per heavy atom. The third-order valence-corrected chi connectivity index (χ3v) is 7.72. The molecule has 1 aromatic carbocycles. The number of carboxylic acid groups (broad SMARTS) is 1. The second kappa shape index (κ2) is 13.4. The number of aryl methyl sites for hydroxylation is 2. The number of benzene rings is 1. The van der Waals surface area contributed by atoms with E-state index >= 15 is 0 Å². The van der Waals surface area contributed by atoms with Crippen molar-refractivity contribution in [3.05, 3.63) is 46.4 Å². The van der Waals surface area contributed by atoms with E-state index in [2.05, 4.69) is 11.4 Å². The van der Waals surface area contributed by atoms with E-state index in [9.17, 15) is 14.3 Å². The number of pyridine rings is 1. The summed E-state index contributed by atoms with van der Waals surface area (Å²) in [5.41, 5.74) is 3.32. The minimum atomic E-state index is -1.02. The number of hydrogen-bond donors (Lipinski definition) is 2. The number of aliphatic carboxylic acids is 1. The number of carbonyl (C=O) groups is 1. The van der Waals surface area contributed by atoms with Crippen LogP contribution in [0.3, 0.4) is 0 Å². The van der Waals surface area contributed by atoms with Crippen LogP contribution in [0.4, 0.5) is 10.2 Å². The summed E-state index contributed by atoms with van der Waals surface area (Å²) in [5, 5.41) is 13.5. The average molecular weight is 544 g/mol. The lowest BCUT2D eigenvalue weighted by molar-refractivity contribution is -0.143. The van der Waals surface area contributed by atoms with Crippen LogP contribution in [0.1, 0.15) is 80.3 Å². The van der Waals surface area contributed by atoms with Gasteiger partial charge in [0.15, 0.2) is 11.6 Å². The molecule has 1 aromatic heterocycles. The molecule has 0 amide bonds. The van der Waals surface area contributed by atoms with Gasteiger partial charge in [0.05, 0.1) is 26.0 Å². The van der Waals surface area contributed by atoms with Gasteiger partial charge < -0.3 is 24.6 Å². The Morgan fingerprint density at radius 3 is 2.74 bits per heavy atom. The van der Waals surface area contributed by atoms with Crippen molar-refractivity contribution in [1.82, 2.24) is 9.88 Å². The van der Waals surface area contributed by atoms with Crippen LogP contribution in [0.15, 0.2) is 18.2 Å². The summed E-state index contributed by atoms with van der Waals surface area (Å²) in [6.07, 6.45) is 6.59. The maximum atomic E-state index is 14.8. The molecule has 2 aliphatic heterocycles. The molecule has 0 saturated carbocycles. The molecule has 0 bridgehead atoms. The second-order valence-electron chi connectivity index (χ2n) is 10.8. The molecule has 2 aromatic rings. The van der Waals surface area contributed by atoms with Crippen LogP contribution in [0.25, 0.3) is 0 Å². The van der Waals surface area contributed by atoms with Gasteiger partial charge in [-0.2, -0.15) is 0 Å². The molecule has 1 fully saturated rings. The number of nitrogens with zero attached hydrogens (tertiary/aromatic N) is 2. The van der Waals surface area contributed by atoms with Gasteiger partial charge in [0.25, 0.3) is 0 Å². The summed E-state index contributed by atoms with van der Waals surface area (Å²) < 4.78 is 31.8. The lowest BCUT2D eigenvalue weighted by atomic mass is 9.95. The number of carboxylic acids is 1. The first-order chi connectivity index (χ1) is 18.8. The normalized spacial score (nSPS) is 18.1. The summed E-state index contributed by atoms with van der Waals surface area (Å²) in [4.78, 5) is 19.0. The van der Waals surface area contributed by atoms with Crippen LogP contribution in [0.2, 0.25) is 0 Å². The molecular formula is C30H42FN3O5. The number of fused-ring (bicyclic) bond motifs is 1. The fourth-order valence-electron chi connectivity index (χ4n) is 5.58. The van der Waals surface area contributed by atoms with Gasteiger partial charge >= 0.3 is 5.97 Å². The number of aromatic nitrogens is 1. The number of rotatable bonds is 13. The summed E-state index contributed by atoms with van der Waals surface area (Å²) in [7, 11) is 3.07. The average Bonchev–Trinajstić information content (AvgIpc) is 3.37. The number of ether oxygens (including phenoxy) is 3. The van der Waals surface area contributed by atoms with Crippen molar-refractivity contribution in [2.24, 2.45) is 0 Å². The van der Waals surface area contributed by atoms with Gasteiger partial charge in [-0.1, -0.05) is 20.3 Å². The Balaban J connectivity index is 1.27. The molecule has 1 saturated heterocycles. The van der Waals surface area contributed by atoms with Crippen LogP contribution in [-0.2, 0) is 22.4 Å². The van der Waals surface area contributed by atoms with Gasteiger partial charge in [0, 0.05) is 31.8 Å². The Hall–Kier alpha value is -2.91. The molecule has 39 heavy (non-hydrogen) atoms. The Kier molecular flexibility index (Phi) is 10.0. The predicted molar refractivity (Wildman–Crippen MR) is 149 cm³/mol. The third kappa shape index (κ3) is 7.00. The van der Waals surface area contributed by atoms with E-state index in [1.54, 1.807) is 13.2 Å². The van der Waals surface area contributed by atoms with E-state index in [1.165, 1.54) is 18.7 Å². The summed E-state index contributed by atoms with van der Waals surface area (Å²) in [5.74, 6) is 0.364. The molecule has 2 atom stereocenters. The van der Waals surface area contributed by atoms with Crippen molar-refractivity contribution >= 4 is 11.8 Å². The molecule has 2 aliphatic rings. The first-order valence-corrected chi connectivity index (χ1v) is 14.1. The van der Waals surface area contributed by atoms with Crippen LogP contribution < -0.4 is 14.8 Å². The van der Waals surface area contributed by atoms with Gasteiger partial charge in [0.1, 0.15) is 17.6 Å². The van der Waals surface area contributed by atoms with Gasteiger partial charge in [-0.25, -0.2) is 9.37 Å². The molecule has 3 heterocycles. The van der Waals surface area contributed by atoms with Crippen LogP contribution in [0.5, 0.6) is 11.5 Å². The first-order valence-electron chi connectivity index (χ1n) is 14.1. The van der Waals surface area contributed by atoms with E-state index in [-0.39, 0.29) is 17.8 Å². The van der Waals surface area contributed by atoms with Crippen molar-refractivity contribution < 1.29 is 28.5 Å². The topological polar surface area (TPSA) is 93.2 Å². The summed E-state index contributed by atoms with van der Waals surface area (Å²) in [6, 6.07) is 4.32. The third-order valence-electron chi connectivity index (χ3n) is 7.72. The van der Waals surface area contributed by atoms with Crippen LogP contribution >= 0.6 is 0 Å². The van der Waals surface area contributed by atoms with Crippen LogP contribution in [-0.4, -0.2) is 67.5 Å². The lowest BCUT2D eigenvalue weighted by Crippen LogP contribution is -2.34. The Labute approximate surface area is 230 Å². The van der Waals surface area contributed by atoms with Crippen molar-refractivity contribution in [3.63, 3.8) is 0 Å². The van der Waals surface area contributed by atoms with E-state index in [4.69, 9.17) is 19.2 Å². The molecular weight excluding hydrogens is 501 g/mol.